The number of ketones is 2. The third-order valence-corrected chi connectivity index (χ3v) is 8.81. The Balaban J connectivity index is 1.60. The number of carbonyl (C=O) groups is 3. The van der Waals surface area contributed by atoms with Gasteiger partial charge in [-0.2, -0.15) is 18.3 Å². The van der Waals surface area contributed by atoms with Crippen LogP contribution < -0.4 is 0 Å². The van der Waals surface area contributed by atoms with Gasteiger partial charge in [-0.3, -0.25) is 24.0 Å². The third kappa shape index (κ3) is 5.34. The Morgan fingerprint density at radius 2 is 1.66 bits per heavy atom. The molecule has 0 unspecified atom stereocenters. The quantitative estimate of drug-likeness (QED) is 0.348. The summed E-state index contributed by atoms with van der Waals surface area (Å²) < 4.78 is 43.2. The molecule has 206 valence electrons. The number of amides is 1. The Hall–Kier alpha value is -2.46. The summed E-state index contributed by atoms with van der Waals surface area (Å²) >= 11 is 12.2. The SMILES string of the molecule is Cc1c(C(=O)N(CC(=O)c2c(Cl)cncc2Cl)CC2(C(F)(F)F)CC2)cnn1[C@H]1CC[C@](C)(C(C)=O)CC1. The van der Waals surface area contributed by atoms with Gasteiger partial charge in [-0.05, 0) is 52.4 Å². The molecule has 0 radical (unpaired) electrons. The van der Waals surface area contributed by atoms with Gasteiger partial charge in [0.05, 0.1) is 45.4 Å². The number of alkyl halides is 3. The Morgan fingerprint density at radius 3 is 2.16 bits per heavy atom. The van der Waals surface area contributed by atoms with E-state index in [0.717, 1.165) is 4.90 Å². The lowest BCUT2D eigenvalue weighted by Gasteiger charge is -2.35. The van der Waals surface area contributed by atoms with Crippen LogP contribution in [0.25, 0.3) is 0 Å². The normalized spacial score (nSPS) is 22.7. The number of aromatic nitrogens is 3. The van der Waals surface area contributed by atoms with E-state index in [1.807, 2.05) is 6.92 Å². The summed E-state index contributed by atoms with van der Waals surface area (Å²) in [6.07, 6.45) is 1.71. The summed E-state index contributed by atoms with van der Waals surface area (Å²) in [5, 5.41) is 4.29. The highest BCUT2D eigenvalue weighted by Crippen LogP contribution is 2.58. The van der Waals surface area contributed by atoms with Crippen molar-refractivity contribution in [3.8, 4) is 0 Å². The number of rotatable bonds is 8. The van der Waals surface area contributed by atoms with Gasteiger partial charge in [0, 0.05) is 30.0 Å². The summed E-state index contributed by atoms with van der Waals surface area (Å²) in [4.78, 5) is 43.5. The van der Waals surface area contributed by atoms with Crippen LogP contribution in [-0.2, 0) is 4.79 Å². The zero-order chi connectivity index (χ0) is 28.0. The molecule has 4 rings (SSSR count). The van der Waals surface area contributed by atoms with Gasteiger partial charge in [0.15, 0.2) is 5.78 Å². The van der Waals surface area contributed by atoms with Gasteiger partial charge in [0.25, 0.3) is 5.91 Å². The summed E-state index contributed by atoms with van der Waals surface area (Å²) in [6.45, 7) is 3.93. The molecule has 12 heteroatoms. The van der Waals surface area contributed by atoms with Crippen LogP contribution in [-0.4, -0.2) is 56.4 Å². The molecule has 2 aliphatic rings. The van der Waals surface area contributed by atoms with E-state index in [-0.39, 0.29) is 51.3 Å². The van der Waals surface area contributed by atoms with Crippen LogP contribution in [0.1, 0.15) is 84.8 Å². The molecule has 0 saturated heterocycles. The maximum atomic E-state index is 13.8. The van der Waals surface area contributed by atoms with E-state index in [1.165, 1.54) is 18.6 Å². The number of Topliss-reactive ketones (excluding diaryl/α,β-unsaturated/α-hetero) is 2. The monoisotopic (exact) mass is 572 g/mol. The minimum atomic E-state index is -4.52. The van der Waals surface area contributed by atoms with Crippen molar-refractivity contribution in [3.05, 3.63) is 45.5 Å². The second kappa shape index (κ2) is 10.3. The van der Waals surface area contributed by atoms with Gasteiger partial charge in [-0.15, -0.1) is 0 Å². The van der Waals surface area contributed by atoms with E-state index in [1.54, 1.807) is 18.5 Å². The zero-order valence-corrected chi connectivity index (χ0v) is 22.9. The molecule has 2 fully saturated rings. The summed E-state index contributed by atoms with van der Waals surface area (Å²) in [7, 11) is 0. The number of carbonyl (C=O) groups excluding carboxylic acids is 3. The first-order valence-electron chi connectivity index (χ1n) is 12.4. The zero-order valence-electron chi connectivity index (χ0n) is 21.4. The standard InChI is InChI=1S/C26H29Cl2F3N4O3/c1-15-18(10-33-35(15)17-4-6-24(3,7-5-17)16(2)36)23(38)34(14-25(8-9-25)26(29,30)31)13-21(37)22-19(27)11-32-12-20(22)28/h10-12,17H,4-9,13-14H2,1-3H3/t17-,24-. The first-order valence-corrected chi connectivity index (χ1v) is 13.2. The lowest BCUT2D eigenvalue weighted by atomic mass is 9.71. The van der Waals surface area contributed by atoms with Crippen LogP contribution in [0, 0.1) is 17.8 Å². The van der Waals surface area contributed by atoms with Gasteiger partial charge in [-0.25, -0.2) is 0 Å². The van der Waals surface area contributed by atoms with E-state index in [9.17, 15) is 27.6 Å². The summed E-state index contributed by atoms with van der Waals surface area (Å²) in [5.74, 6) is -1.27. The molecule has 2 aromatic rings. The largest absolute Gasteiger partial charge is 0.396 e. The van der Waals surface area contributed by atoms with Gasteiger partial charge in [-0.1, -0.05) is 30.1 Å². The van der Waals surface area contributed by atoms with Crippen molar-refractivity contribution in [2.75, 3.05) is 13.1 Å². The lowest BCUT2D eigenvalue weighted by molar-refractivity contribution is -0.189. The summed E-state index contributed by atoms with van der Waals surface area (Å²) in [6, 6.07) is -0.0431. The van der Waals surface area contributed by atoms with Crippen LogP contribution in [0.2, 0.25) is 10.0 Å². The number of halogens is 5. The average molecular weight is 573 g/mol. The molecule has 0 spiro atoms. The molecule has 0 aliphatic heterocycles. The first kappa shape index (κ1) is 28.5. The van der Waals surface area contributed by atoms with Crippen molar-refractivity contribution in [2.45, 2.75) is 71.5 Å². The first-order chi connectivity index (χ1) is 17.7. The Labute approximate surface area is 228 Å². The average Bonchev–Trinajstić information content (AvgIpc) is 3.53. The molecule has 2 saturated carbocycles. The van der Waals surface area contributed by atoms with Gasteiger partial charge in [0.2, 0.25) is 0 Å². The maximum absolute atomic E-state index is 13.8. The van der Waals surface area contributed by atoms with Crippen molar-refractivity contribution < 1.29 is 27.6 Å². The Kier molecular flexibility index (Phi) is 7.71. The second-order valence-electron chi connectivity index (χ2n) is 10.8. The van der Waals surface area contributed by atoms with Crippen molar-refractivity contribution in [1.82, 2.24) is 19.7 Å². The minimum absolute atomic E-state index is 0.0431. The third-order valence-electron chi connectivity index (χ3n) is 8.23. The highest BCUT2D eigenvalue weighted by molar-refractivity contribution is 6.39. The van der Waals surface area contributed by atoms with E-state index in [0.29, 0.717) is 31.4 Å². The van der Waals surface area contributed by atoms with Crippen LogP contribution in [0.5, 0.6) is 0 Å². The fourth-order valence-corrected chi connectivity index (χ4v) is 5.76. The van der Waals surface area contributed by atoms with Crippen LogP contribution in [0.4, 0.5) is 13.2 Å². The van der Waals surface area contributed by atoms with E-state index in [4.69, 9.17) is 23.2 Å². The van der Waals surface area contributed by atoms with Crippen molar-refractivity contribution >= 4 is 40.7 Å². The van der Waals surface area contributed by atoms with Crippen molar-refractivity contribution in [3.63, 3.8) is 0 Å². The van der Waals surface area contributed by atoms with Gasteiger partial charge >= 0.3 is 6.18 Å². The molecule has 0 N–H and O–H groups in total. The fraction of sp³-hybridized carbons (Fsp3) is 0.577. The lowest BCUT2D eigenvalue weighted by Crippen LogP contribution is -2.44. The number of hydrogen-bond acceptors (Lipinski definition) is 5. The second-order valence-corrected chi connectivity index (χ2v) is 11.6. The highest BCUT2D eigenvalue weighted by atomic mass is 35.5. The fourth-order valence-electron chi connectivity index (χ4n) is 5.19. The number of hydrogen-bond donors (Lipinski definition) is 0. The predicted octanol–water partition coefficient (Wildman–Crippen LogP) is 6.27. The van der Waals surface area contributed by atoms with Gasteiger partial charge < -0.3 is 4.90 Å². The number of nitrogens with zero attached hydrogens (tertiary/aromatic N) is 4. The van der Waals surface area contributed by atoms with E-state index >= 15 is 0 Å². The van der Waals surface area contributed by atoms with Crippen molar-refractivity contribution in [1.29, 1.82) is 0 Å². The van der Waals surface area contributed by atoms with Crippen LogP contribution in [0.15, 0.2) is 18.6 Å². The van der Waals surface area contributed by atoms with Gasteiger partial charge in [0.1, 0.15) is 5.78 Å². The molecule has 2 aromatic heterocycles. The van der Waals surface area contributed by atoms with Crippen LogP contribution >= 0.6 is 23.2 Å². The number of pyridine rings is 1. The topological polar surface area (TPSA) is 85.2 Å². The smallest absolute Gasteiger partial charge is 0.330 e. The minimum Gasteiger partial charge on any atom is -0.330 e. The molecule has 0 bridgehead atoms. The highest BCUT2D eigenvalue weighted by Gasteiger charge is 2.64. The molecular weight excluding hydrogens is 544 g/mol. The maximum Gasteiger partial charge on any atom is 0.396 e. The molecule has 2 aliphatic carbocycles. The van der Waals surface area contributed by atoms with E-state index in [2.05, 4.69) is 10.1 Å². The molecule has 0 atom stereocenters. The molecular formula is C26H29Cl2F3N4O3. The molecule has 0 aromatic carbocycles. The molecule has 38 heavy (non-hydrogen) atoms. The summed E-state index contributed by atoms with van der Waals surface area (Å²) in [5.41, 5.74) is -1.91. The Bertz CT molecular complexity index is 1240. The predicted molar refractivity (Wildman–Crippen MR) is 135 cm³/mol. The van der Waals surface area contributed by atoms with Crippen LogP contribution in [0.3, 0.4) is 0 Å². The molecule has 2 heterocycles. The molecule has 7 nitrogen and oxygen atoms in total. The van der Waals surface area contributed by atoms with Crippen molar-refractivity contribution in [2.24, 2.45) is 10.8 Å². The molecule has 1 amide bonds. The van der Waals surface area contributed by atoms with E-state index < -0.39 is 36.4 Å². The Morgan fingerprint density at radius 1 is 1.08 bits per heavy atom.